The molecule has 0 spiro atoms. The highest BCUT2D eigenvalue weighted by Crippen LogP contribution is 2.41. The molecule has 0 aliphatic heterocycles. The van der Waals surface area contributed by atoms with E-state index in [0.29, 0.717) is 0 Å². The zero-order chi connectivity index (χ0) is 11.6. The lowest BCUT2D eigenvalue weighted by Gasteiger charge is -2.41. The number of anilines is 1. The van der Waals surface area contributed by atoms with Gasteiger partial charge in [0.2, 0.25) is 0 Å². The highest BCUT2D eigenvalue weighted by molar-refractivity contribution is 5.65. The molecule has 0 aromatic heterocycles. The minimum absolute atomic E-state index is 0.209. The van der Waals surface area contributed by atoms with Gasteiger partial charge in [-0.2, -0.15) is 0 Å². The Kier molecular flexibility index (Phi) is 2.83. The van der Waals surface area contributed by atoms with Gasteiger partial charge in [0.1, 0.15) is 0 Å². The Morgan fingerprint density at radius 1 is 1.38 bits per heavy atom. The Morgan fingerprint density at radius 2 is 2.00 bits per heavy atom. The minimum Gasteiger partial charge on any atom is -0.399 e. The number of nitrogens with one attached hydrogen (secondary N) is 1. The predicted molar refractivity (Wildman–Crippen MR) is 61.3 cm³/mol. The van der Waals surface area contributed by atoms with Crippen molar-refractivity contribution in [3.05, 3.63) is 29.8 Å². The summed E-state index contributed by atoms with van der Waals surface area (Å²) in [5.74, 6) is -0.318. The van der Waals surface area contributed by atoms with Crippen molar-refractivity contribution in [1.82, 2.24) is 5.48 Å². The normalized spacial score (nSPS) is 17.6. The predicted octanol–water partition coefficient (Wildman–Crippen LogP) is 1.72. The van der Waals surface area contributed by atoms with Crippen LogP contribution < -0.4 is 11.2 Å². The molecule has 16 heavy (non-hydrogen) atoms. The van der Waals surface area contributed by atoms with Crippen LogP contribution in [-0.2, 0) is 15.2 Å². The molecule has 0 unspecified atom stereocenters. The summed E-state index contributed by atoms with van der Waals surface area (Å²) >= 11 is 0. The van der Waals surface area contributed by atoms with Gasteiger partial charge in [-0.3, -0.25) is 4.79 Å². The highest BCUT2D eigenvalue weighted by atomic mass is 16.7. The zero-order valence-corrected chi connectivity index (χ0v) is 9.32. The van der Waals surface area contributed by atoms with Crippen molar-refractivity contribution in [2.45, 2.75) is 31.7 Å². The molecule has 1 aliphatic carbocycles. The summed E-state index contributed by atoms with van der Waals surface area (Å²) in [5.41, 5.74) is 10.2. The van der Waals surface area contributed by atoms with Crippen LogP contribution in [0.25, 0.3) is 0 Å². The van der Waals surface area contributed by atoms with Gasteiger partial charge in [0, 0.05) is 12.6 Å². The Morgan fingerprint density at radius 3 is 2.44 bits per heavy atom. The number of hydroxylamine groups is 1. The van der Waals surface area contributed by atoms with Crippen LogP contribution in [0.5, 0.6) is 0 Å². The molecule has 86 valence electrons. The number of rotatable bonds is 3. The average molecular weight is 220 g/mol. The molecule has 0 saturated heterocycles. The standard InChI is InChI=1S/C12H16N2O2/c1-9(15)16-14-12(7-2-8-12)10-3-5-11(13)6-4-10/h3-6,14H,2,7-8,13H2,1H3. The minimum atomic E-state index is -0.318. The molecule has 3 N–H and O–H groups in total. The van der Waals surface area contributed by atoms with Crippen molar-refractivity contribution >= 4 is 11.7 Å². The van der Waals surface area contributed by atoms with Gasteiger partial charge in [-0.05, 0) is 37.0 Å². The van der Waals surface area contributed by atoms with Crippen LogP contribution in [0.15, 0.2) is 24.3 Å². The molecule has 0 amide bonds. The van der Waals surface area contributed by atoms with Crippen molar-refractivity contribution in [3.63, 3.8) is 0 Å². The van der Waals surface area contributed by atoms with E-state index < -0.39 is 0 Å². The van der Waals surface area contributed by atoms with E-state index in [1.807, 2.05) is 24.3 Å². The molecule has 1 fully saturated rings. The monoisotopic (exact) mass is 220 g/mol. The fourth-order valence-electron chi connectivity index (χ4n) is 1.95. The lowest BCUT2D eigenvalue weighted by Crippen LogP contribution is -2.48. The second-order valence-electron chi connectivity index (χ2n) is 4.25. The largest absolute Gasteiger partial charge is 0.399 e. The van der Waals surface area contributed by atoms with Crippen LogP contribution in [0.2, 0.25) is 0 Å². The second-order valence-corrected chi connectivity index (χ2v) is 4.25. The van der Waals surface area contributed by atoms with Gasteiger partial charge < -0.3 is 10.6 Å². The van der Waals surface area contributed by atoms with Crippen LogP contribution in [0.1, 0.15) is 31.7 Å². The molecule has 1 aliphatic rings. The fourth-order valence-corrected chi connectivity index (χ4v) is 1.95. The first-order valence-corrected chi connectivity index (χ1v) is 5.43. The lowest BCUT2D eigenvalue weighted by molar-refractivity contribution is -0.157. The molecule has 1 aromatic carbocycles. The maximum atomic E-state index is 10.8. The molecule has 1 saturated carbocycles. The van der Waals surface area contributed by atoms with Crippen LogP contribution >= 0.6 is 0 Å². The molecule has 1 aromatic rings. The van der Waals surface area contributed by atoms with E-state index in [1.54, 1.807) is 0 Å². The number of nitrogen functional groups attached to an aromatic ring is 1. The molecule has 0 heterocycles. The van der Waals surface area contributed by atoms with Crippen LogP contribution in [0, 0.1) is 0 Å². The van der Waals surface area contributed by atoms with Crippen molar-refractivity contribution < 1.29 is 9.63 Å². The second kappa shape index (κ2) is 4.14. The number of carbonyl (C=O) groups is 1. The first kappa shape index (κ1) is 11.0. The summed E-state index contributed by atoms with van der Waals surface area (Å²) in [7, 11) is 0. The summed E-state index contributed by atoms with van der Waals surface area (Å²) in [4.78, 5) is 15.7. The molecule has 0 radical (unpaired) electrons. The number of hydrogen-bond donors (Lipinski definition) is 2. The summed E-state index contributed by atoms with van der Waals surface area (Å²) in [6, 6.07) is 7.69. The summed E-state index contributed by atoms with van der Waals surface area (Å²) in [6.45, 7) is 1.39. The number of hydrogen-bond acceptors (Lipinski definition) is 4. The van der Waals surface area contributed by atoms with Gasteiger partial charge in [0.15, 0.2) is 0 Å². The van der Waals surface area contributed by atoms with Crippen LogP contribution in [-0.4, -0.2) is 5.97 Å². The molecule has 0 atom stereocenters. The van der Waals surface area contributed by atoms with E-state index in [0.717, 1.165) is 30.5 Å². The first-order valence-electron chi connectivity index (χ1n) is 5.43. The van der Waals surface area contributed by atoms with E-state index in [4.69, 9.17) is 10.6 Å². The maximum Gasteiger partial charge on any atom is 0.321 e. The van der Waals surface area contributed by atoms with E-state index in [2.05, 4.69) is 5.48 Å². The van der Waals surface area contributed by atoms with Crippen LogP contribution in [0.4, 0.5) is 5.69 Å². The topological polar surface area (TPSA) is 64.3 Å². The van der Waals surface area contributed by atoms with E-state index in [-0.39, 0.29) is 11.5 Å². The molecule has 0 bridgehead atoms. The van der Waals surface area contributed by atoms with E-state index in [1.165, 1.54) is 6.92 Å². The van der Waals surface area contributed by atoms with Crippen molar-refractivity contribution in [3.8, 4) is 0 Å². The summed E-state index contributed by atoms with van der Waals surface area (Å²) in [5, 5.41) is 0. The van der Waals surface area contributed by atoms with Gasteiger partial charge >= 0.3 is 5.97 Å². The van der Waals surface area contributed by atoms with Gasteiger partial charge in [0.05, 0.1) is 5.54 Å². The smallest absolute Gasteiger partial charge is 0.321 e. The van der Waals surface area contributed by atoms with E-state index >= 15 is 0 Å². The van der Waals surface area contributed by atoms with Gasteiger partial charge in [0.25, 0.3) is 0 Å². The third-order valence-corrected chi connectivity index (χ3v) is 3.06. The Balaban J connectivity index is 2.14. The zero-order valence-electron chi connectivity index (χ0n) is 9.32. The molecule has 2 rings (SSSR count). The summed E-state index contributed by atoms with van der Waals surface area (Å²) < 4.78 is 0. The number of carbonyl (C=O) groups excluding carboxylic acids is 1. The lowest BCUT2D eigenvalue weighted by atomic mass is 9.72. The van der Waals surface area contributed by atoms with Crippen LogP contribution in [0.3, 0.4) is 0 Å². The molecule has 4 heteroatoms. The Hall–Kier alpha value is -1.55. The molecule has 4 nitrogen and oxygen atoms in total. The quantitative estimate of drug-likeness (QED) is 0.601. The highest BCUT2D eigenvalue weighted by Gasteiger charge is 2.39. The van der Waals surface area contributed by atoms with Gasteiger partial charge in [-0.1, -0.05) is 12.1 Å². The first-order chi connectivity index (χ1) is 7.62. The number of nitrogens with two attached hydrogens (primary N) is 1. The summed E-state index contributed by atoms with van der Waals surface area (Å²) in [6.07, 6.45) is 3.09. The van der Waals surface area contributed by atoms with Crippen molar-refractivity contribution in [2.24, 2.45) is 0 Å². The molecular weight excluding hydrogens is 204 g/mol. The molecular formula is C12H16N2O2. The van der Waals surface area contributed by atoms with Gasteiger partial charge in [-0.25, -0.2) is 0 Å². The Bertz CT molecular complexity index is 383. The fraction of sp³-hybridized carbons (Fsp3) is 0.417. The number of benzene rings is 1. The third-order valence-electron chi connectivity index (χ3n) is 3.06. The van der Waals surface area contributed by atoms with E-state index in [9.17, 15) is 4.79 Å². The Labute approximate surface area is 94.7 Å². The van der Waals surface area contributed by atoms with Gasteiger partial charge in [-0.15, -0.1) is 5.48 Å². The maximum absolute atomic E-state index is 10.8. The van der Waals surface area contributed by atoms with Crippen molar-refractivity contribution in [1.29, 1.82) is 0 Å². The SMILES string of the molecule is CC(=O)ONC1(c2ccc(N)cc2)CCC1. The third kappa shape index (κ3) is 2.02. The average Bonchev–Trinajstić information content (AvgIpc) is 2.18. The van der Waals surface area contributed by atoms with Crippen molar-refractivity contribution in [2.75, 3.05) is 5.73 Å².